The van der Waals surface area contributed by atoms with Gasteiger partial charge in [-0.25, -0.2) is 4.98 Å². The van der Waals surface area contributed by atoms with Crippen LogP contribution in [0.1, 0.15) is 28.8 Å². The van der Waals surface area contributed by atoms with E-state index in [9.17, 15) is 9.59 Å². The van der Waals surface area contributed by atoms with Gasteiger partial charge in [0.15, 0.2) is 5.78 Å². The van der Waals surface area contributed by atoms with Gasteiger partial charge in [-0.1, -0.05) is 48.5 Å². The van der Waals surface area contributed by atoms with Gasteiger partial charge < -0.3 is 9.88 Å². The first-order valence-corrected chi connectivity index (χ1v) is 8.15. The summed E-state index contributed by atoms with van der Waals surface area (Å²) < 4.78 is 1.90. The van der Waals surface area contributed by atoms with Crippen molar-refractivity contribution in [1.82, 2.24) is 14.9 Å². The van der Waals surface area contributed by atoms with Crippen molar-refractivity contribution < 1.29 is 9.59 Å². The number of amides is 1. The van der Waals surface area contributed by atoms with Gasteiger partial charge in [-0.3, -0.25) is 9.59 Å². The predicted molar refractivity (Wildman–Crippen MR) is 95.4 cm³/mol. The summed E-state index contributed by atoms with van der Waals surface area (Å²) in [5.41, 5.74) is 2.60. The van der Waals surface area contributed by atoms with Crippen LogP contribution in [0.5, 0.6) is 0 Å². The SMILES string of the molecule is O=C(CCC(=O)c1ccccc1)NCc1ccccc1-n1ccnc1. The first-order chi connectivity index (χ1) is 12.2. The summed E-state index contributed by atoms with van der Waals surface area (Å²) in [4.78, 5) is 28.2. The average molecular weight is 333 g/mol. The van der Waals surface area contributed by atoms with Crippen LogP contribution in [-0.4, -0.2) is 21.2 Å². The molecule has 1 heterocycles. The zero-order valence-electron chi connectivity index (χ0n) is 13.8. The first-order valence-electron chi connectivity index (χ1n) is 8.15. The number of imidazole rings is 1. The normalized spacial score (nSPS) is 10.4. The van der Waals surface area contributed by atoms with Gasteiger partial charge in [0, 0.05) is 37.3 Å². The van der Waals surface area contributed by atoms with Gasteiger partial charge in [0.05, 0.1) is 12.0 Å². The number of benzene rings is 2. The number of aromatic nitrogens is 2. The molecule has 3 rings (SSSR count). The molecule has 0 unspecified atom stereocenters. The highest BCUT2D eigenvalue weighted by atomic mass is 16.2. The summed E-state index contributed by atoms with van der Waals surface area (Å²) in [5, 5.41) is 2.88. The molecule has 126 valence electrons. The van der Waals surface area contributed by atoms with E-state index >= 15 is 0 Å². The van der Waals surface area contributed by atoms with E-state index < -0.39 is 0 Å². The van der Waals surface area contributed by atoms with Gasteiger partial charge >= 0.3 is 0 Å². The van der Waals surface area contributed by atoms with Crippen LogP contribution in [0.25, 0.3) is 5.69 Å². The molecule has 2 aromatic carbocycles. The molecule has 0 saturated carbocycles. The van der Waals surface area contributed by atoms with E-state index in [0.29, 0.717) is 12.1 Å². The standard InChI is InChI=1S/C20H19N3O2/c24-19(16-6-2-1-3-7-16)10-11-20(25)22-14-17-8-4-5-9-18(17)23-13-12-21-15-23/h1-9,12-13,15H,10-11,14H2,(H,22,25). The topological polar surface area (TPSA) is 64.0 Å². The molecule has 5 nitrogen and oxygen atoms in total. The second-order valence-electron chi connectivity index (χ2n) is 5.66. The largest absolute Gasteiger partial charge is 0.352 e. The Hall–Kier alpha value is -3.21. The zero-order chi connectivity index (χ0) is 17.5. The number of Topliss-reactive ketones (excluding diaryl/α,β-unsaturated/α-hetero) is 1. The Balaban J connectivity index is 1.54. The highest BCUT2D eigenvalue weighted by Gasteiger charge is 2.10. The minimum absolute atomic E-state index is 0.0189. The fourth-order valence-electron chi connectivity index (χ4n) is 2.59. The maximum absolute atomic E-state index is 12.1. The Morgan fingerprint density at radius 1 is 0.960 bits per heavy atom. The number of hydrogen-bond donors (Lipinski definition) is 1. The van der Waals surface area contributed by atoms with Crippen molar-refractivity contribution in [2.24, 2.45) is 0 Å². The molecule has 0 aliphatic heterocycles. The van der Waals surface area contributed by atoms with Crippen molar-refractivity contribution in [2.45, 2.75) is 19.4 Å². The minimum atomic E-state index is -0.135. The number of ketones is 1. The summed E-state index contributed by atoms with van der Waals surface area (Å²) in [6, 6.07) is 16.8. The zero-order valence-corrected chi connectivity index (χ0v) is 13.8. The molecule has 1 amide bonds. The highest BCUT2D eigenvalue weighted by Crippen LogP contribution is 2.14. The number of rotatable bonds is 7. The lowest BCUT2D eigenvalue weighted by Crippen LogP contribution is -2.24. The lowest BCUT2D eigenvalue weighted by molar-refractivity contribution is -0.121. The van der Waals surface area contributed by atoms with E-state index in [4.69, 9.17) is 0 Å². The minimum Gasteiger partial charge on any atom is -0.352 e. The number of para-hydroxylation sites is 1. The molecule has 0 spiro atoms. The molecule has 0 aliphatic carbocycles. The summed E-state index contributed by atoms with van der Waals surface area (Å²) >= 11 is 0. The second-order valence-corrected chi connectivity index (χ2v) is 5.66. The van der Waals surface area contributed by atoms with Gasteiger partial charge in [0.1, 0.15) is 0 Å². The third-order valence-corrected chi connectivity index (χ3v) is 3.93. The van der Waals surface area contributed by atoms with Crippen LogP contribution in [0, 0.1) is 0 Å². The van der Waals surface area contributed by atoms with Gasteiger partial charge in [0.2, 0.25) is 5.91 Å². The van der Waals surface area contributed by atoms with E-state index in [1.54, 1.807) is 24.7 Å². The molecule has 0 aliphatic rings. The quantitative estimate of drug-likeness (QED) is 0.676. The van der Waals surface area contributed by atoms with Crippen molar-refractivity contribution in [1.29, 1.82) is 0 Å². The van der Waals surface area contributed by atoms with Crippen LogP contribution in [0.3, 0.4) is 0 Å². The number of nitrogens with zero attached hydrogens (tertiary/aromatic N) is 2. The molecular weight excluding hydrogens is 314 g/mol. The third kappa shape index (κ3) is 4.41. The summed E-state index contributed by atoms with van der Waals surface area (Å²) in [7, 11) is 0. The van der Waals surface area contributed by atoms with Crippen molar-refractivity contribution in [3.63, 3.8) is 0 Å². The first kappa shape index (κ1) is 16.6. The van der Waals surface area contributed by atoms with E-state index in [-0.39, 0.29) is 24.5 Å². The Morgan fingerprint density at radius 2 is 1.72 bits per heavy atom. The highest BCUT2D eigenvalue weighted by molar-refractivity contribution is 5.97. The summed E-state index contributed by atoms with van der Waals surface area (Å²) in [6.07, 6.45) is 5.68. The van der Waals surface area contributed by atoms with Gasteiger partial charge in [-0.05, 0) is 11.6 Å². The Kier molecular flexibility index (Phi) is 5.36. The number of carbonyl (C=O) groups is 2. The van der Waals surface area contributed by atoms with Crippen LogP contribution >= 0.6 is 0 Å². The second kappa shape index (κ2) is 8.06. The Labute approximate surface area is 146 Å². The summed E-state index contributed by atoms with van der Waals surface area (Å²) in [6.45, 7) is 0.409. The van der Waals surface area contributed by atoms with E-state index in [1.165, 1.54) is 0 Å². The average Bonchev–Trinajstić information content (AvgIpc) is 3.20. The fourth-order valence-corrected chi connectivity index (χ4v) is 2.59. The van der Waals surface area contributed by atoms with E-state index in [1.807, 2.05) is 53.2 Å². The molecule has 0 radical (unpaired) electrons. The van der Waals surface area contributed by atoms with Crippen LogP contribution in [-0.2, 0) is 11.3 Å². The molecule has 0 fully saturated rings. The molecule has 0 atom stereocenters. The van der Waals surface area contributed by atoms with Gasteiger partial charge in [-0.15, -0.1) is 0 Å². The predicted octanol–water partition coefficient (Wildman–Crippen LogP) is 3.15. The molecular formula is C20H19N3O2. The Morgan fingerprint density at radius 3 is 2.48 bits per heavy atom. The maximum atomic E-state index is 12.1. The van der Waals surface area contributed by atoms with E-state index in [2.05, 4.69) is 10.3 Å². The number of nitrogens with one attached hydrogen (secondary N) is 1. The lowest BCUT2D eigenvalue weighted by atomic mass is 10.1. The molecule has 0 saturated heterocycles. The van der Waals surface area contributed by atoms with Gasteiger partial charge in [0.25, 0.3) is 0 Å². The van der Waals surface area contributed by atoms with E-state index in [0.717, 1.165) is 11.3 Å². The fraction of sp³-hybridized carbons (Fsp3) is 0.150. The molecule has 1 N–H and O–H groups in total. The van der Waals surface area contributed by atoms with Crippen molar-refractivity contribution in [3.8, 4) is 5.69 Å². The maximum Gasteiger partial charge on any atom is 0.220 e. The smallest absolute Gasteiger partial charge is 0.220 e. The molecule has 25 heavy (non-hydrogen) atoms. The molecule has 0 bridgehead atoms. The van der Waals surface area contributed by atoms with Crippen LogP contribution in [0.4, 0.5) is 0 Å². The summed E-state index contributed by atoms with van der Waals surface area (Å²) in [5.74, 6) is -0.153. The number of carbonyl (C=O) groups excluding carboxylic acids is 2. The Bertz CT molecular complexity index is 842. The van der Waals surface area contributed by atoms with Gasteiger partial charge in [-0.2, -0.15) is 0 Å². The molecule has 3 aromatic rings. The third-order valence-electron chi connectivity index (χ3n) is 3.93. The monoisotopic (exact) mass is 333 g/mol. The van der Waals surface area contributed by atoms with Crippen molar-refractivity contribution >= 4 is 11.7 Å². The number of hydrogen-bond acceptors (Lipinski definition) is 3. The lowest BCUT2D eigenvalue weighted by Gasteiger charge is -2.11. The van der Waals surface area contributed by atoms with Crippen molar-refractivity contribution in [3.05, 3.63) is 84.4 Å². The van der Waals surface area contributed by atoms with Crippen molar-refractivity contribution in [2.75, 3.05) is 0 Å². The molecule has 1 aromatic heterocycles. The van der Waals surface area contributed by atoms with Crippen LogP contribution < -0.4 is 5.32 Å². The van der Waals surface area contributed by atoms with Crippen LogP contribution in [0.2, 0.25) is 0 Å². The van der Waals surface area contributed by atoms with Crippen LogP contribution in [0.15, 0.2) is 73.3 Å². The molecule has 5 heteroatoms.